The van der Waals surface area contributed by atoms with Crippen molar-refractivity contribution in [1.29, 1.82) is 0 Å². The van der Waals surface area contributed by atoms with E-state index in [0.29, 0.717) is 18.2 Å². The van der Waals surface area contributed by atoms with Crippen molar-refractivity contribution >= 4 is 11.7 Å². The highest BCUT2D eigenvalue weighted by Gasteiger charge is 2.26. The number of aryl methyl sites for hydroxylation is 1. The molecule has 0 heterocycles. The fourth-order valence-corrected chi connectivity index (χ4v) is 2.50. The molecule has 0 bridgehead atoms. The third-order valence-electron chi connectivity index (χ3n) is 3.83. The van der Waals surface area contributed by atoms with Crippen LogP contribution >= 0.6 is 0 Å². The van der Waals surface area contributed by atoms with E-state index in [1.54, 1.807) is 13.0 Å². The number of carbonyl (C=O) groups excluding carboxylic acids is 2. The summed E-state index contributed by atoms with van der Waals surface area (Å²) in [6, 6.07) is 5.84. The molecule has 106 valence electrons. The number of hydrogen-bond acceptors (Lipinski definition) is 3. The molecule has 0 saturated heterocycles. The predicted molar refractivity (Wildman–Crippen MR) is 75.0 cm³/mol. The molecule has 1 aromatic carbocycles. The van der Waals surface area contributed by atoms with Crippen molar-refractivity contribution in [1.82, 2.24) is 5.32 Å². The van der Waals surface area contributed by atoms with Crippen molar-refractivity contribution in [2.75, 3.05) is 0 Å². The minimum Gasteiger partial charge on any atom is -0.481 e. The van der Waals surface area contributed by atoms with Gasteiger partial charge in [0.05, 0.1) is 0 Å². The van der Waals surface area contributed by atoms with Gasteiger partial charge in [0.25, 0.3) is 5.91 Å². The Morgan fingerprint density at radius 3 is 2.90 bits per heavy atom. The molecular formula is C16H19NO3. The lowest BCUT2D eigenvalue weighted by Gasteiger charge is -2.18. The van der Waals surface area contributed by atoms with Crippen LogP contribution in [0.15, 0.2) is 18.2 Å². The summed E-state index contributed by atoms with van der Waals surface area (Å²) in [5.74, 6) is 0.801. The van der Waals surface area contributed by atoms with Crippen molar-refractivity contribution in [2.24, 2.45) is 0 Å². The molecule has 1 N–H and O–H groups in total. The highest BCUT2D eigenvalue weighted by Crippen LogP contribution is 2.26. The molecular weight excluding hydrogens is 254 g/mol. The van der Waals surface area contributed by atoms with Crippen LogP contribution in [-0.4, -0.2) is 23.8 Å². The first kappa shape index (κ1) is 13.2. The summed E-state index contributed by atoms with van der Waals surface area (Å²) in [6.07, 6.45) is 4.06. The zero-order valence-electron chi connectivity index (χ0n) is 11.6. The molecule has 0 radical (unpaired) electrons. The van der Waals surface area contributed by atoms with Gasteiger partial charge in [0.15, 0.2) is 11.9 Å². The van der Waals surface area contributed by atoms with E-state index in [0.717, 1.165) is 36.8 Å². The zero-order valence-corrected chi connectivity index (χ0v) is 11.6. The average Bonchev–Trinajstić information content (AvgIpc) is 3.22. The molecule has 0 unspecified atom stereocenters. The first-order chi connectivity index (χ1) is 9.63. The van der Waals surface area contributed by atoms with E-state index in [1.165, 1.54) is 0 Å². The van der Waals surface area contributed by atoms with Crippen molar-refractivity contribution in [3.8, 4) is 5.75 Å². The molecule has 0 spiro atoms. The Kier molecular flexibility index (Phi) is 3.47. The third kappa shape index (κ3) is 2.84. The number of rotatable bonds is 4. The number of benzene rings is 1. The molecule has 1 fully saturated rings. The molecule has 0 aromatic heterocycles. The summed E-state index contributed by atoms with van der Waals surface area (Å²) in [6.45, 7) is 1.75. The second kappa shape index (κ2) is 5.27. The smallest absolute Gasteiger partial charge is 0.260 e. The number of ketones is 1. The number of ether oxygens (including phenoxy) is 1. The summed E-state index contributed by atoms with van der Waals surface area (Å²) in [5.41, 5.74) is 1.84. The van der Waals surface area contributed by atoms with Crippen LogP contribution < -0.4 is 10.1 Å². The van der Waals surface area contributed by atoms with E-state index >= 15 is 0 Å². The van der Waals surface area contributed by atoms with Gasteiger partial charge in [0, 0.05) is 18.0 Å². The maximum absolute atomic E-state index is 11.8. The van der Waals surface area contributed by atoms with Crippen molar-refractivity contribution in [2.45, 2.75) is 51.2 Å². The molecule has 1 aromatic rings. The van der Waals surface area contributed by atoms with E-state index in [-0.39, 0.29) is 11.7 Å². The van der Waals surface area contributed by atoms with Crippen LogP contribution in [0.5, 0.6) is 5.75 Å². The Bertz CT molecular complexity index is 549. The van der Waals surface area contributed by atoms with Crippen LogP contribution in [0.3, 0.4) is 0 Å². The lowest BCUT2D eigenvalue weighted by Crippen LogP contribution is -2.37. The largest absolute Gasteiger partial charge is 0.481 e. The number of nitrogens with one attached hydrogen (secondary N) is 1. The fraction of sp³-hybridized carbons (Fsp3) is 0.500. The van der Waals surface area contributed by atoms with Crippen LogP contribution in [-0.2, 0) is 11.2 Å². The van der Waals surface area contributed by atoms with Crippen LogP contribution in [0.25, 0.3) is 0 Å². The molecule has 2 aliphatic carbocycles. The van der Waals surface area contributed by atoms with E-state index in [4.69, 9.17) is 4.74 Å². The number of carbonyl (C=O) groups is 2. The molecule has 4 nitrogen and oxygen atoms in total. The molecule has 1 saturated carbocycles. The molecule has 4 heteroatoms. The molecule has 3 rings (SSSR count). The lowest BCUT2D eigenvalue weighted by molar-refractivity contribution is -0.127. The van der Waals surface area contributed by atoms with Gasteiger partial charge < -0.3 is 10.1 Å². The molecule has 2 aliphatic rings. The number of hydrogen-bond donors (Lipinski definition) is 1. The minimum absolute atomic E-state index is 0.0682. The van der Waals surface area contributed by atoms with Gasteiger partial charge in [0.2, 0.25) is 0 Å². The summed E-state index contributed by atoms with van der Waals surface area (Å²) < 4.78 is 5.68. The molecule has 1 atom stereocenters. The van der Waals surface area contributed by atoms with E-state index in [9.17, 15) is 9.59 Å². The first-order valence-electron chi connectivity index (χ1n) is 7.26. The number of fused-ring (bicyclic) bond motifs is 1. The Morgan fingerprint density at radius 1 is 1.35 bits per heavy atom. The van der Waals surface area contributed by atoms with E-state index in [2.05, 4.69) is 5.32 Å². The summed E-state index contributed by atoms with van der Waals surface area (Å²) in [7, 11) is 0. The van der Waals surface area contributed by atoms with E-state index in [1.807, 2.05) is 12.1 Å². The highest BCUT2D eigenvalue weighted by atomic mass is 16.5. The van der Waals surface area contributed by atoms with Crippen molar-refractivity contribution in [3.05, 3.63) is 29.3 Å². The molecule has 1 amide bonds. The van der Waals surface area contributed by atoms with Gasteiger partial charge in [-0.15, -0.1) is 0 Å². The quantitative estimate of drug-likeness (QED) is 0.915. The van der Waals surface area contributed by atoms with Crippen LogP contribution in [0.2, 0.25) is 0 Å². The normalized spacial score (nSPS) is 19.1. The van der Waals surface area contributed by atoms with Gasteiger partial charge in [-0.3, -0.25) is 9.59 Å². The van der Waals surface area contributed by atoms with Gasteiger partial charge in [-0.1, -0.05) is 0 Å². The van der Waals surface area contributed by atoms with Gasteiger partial charge >= 0.3 is 0 Å². The molecule has 0 aliphatic heterocycles. The summed E-state index contributed by atoms with van der Waals surface area (Å²) in [5, 5.41) is 2.93. The van der Waals surface area contributed by atoms with Crippen molar-refractivity contribution < 1.29 is 14.3 Å². The second-order valence-corrected chi connectivity index (χ2v) is 5.64. The van der Waals surface area contributed by atoms with E-state index < -0.39 is 6.10 Å². The average molecular weight is 273 g/mol. The Morgan fingerprint density at radius 2 is 2.15 bits per heavy atom. The molecule has 20 heavy (non-hydrogen) atoms. The van der Waals surface area contributed by atoms with Gasteiger partial charge in [-0.2, -0.15) is 0 Å². The van der Waals surface area contributed by atoms with Gasteiger partial charge in [-0.25, -0.2) is 0 Å². The highest BCUT2D eigenvalue weighted by molar-refractivity contribution is 5.98. The van der Waals surface area contributed by atoms with Crippen LogP contribution in [0.4, 0.5) is 0 Å². The first-order valence-corrected chi connectivity index (χ1v) is 7.26. The van der Waals surface area contributed by atoms with Crippen molar-refractivity contribution in [3.63, 3.8) is 0 Å². The lowest BCUT2D eigenvalue weighted by atomic mass is 9.90. The zero-order chi connectivity index (χ0) is 14.1. The Hall–Kier alpha value is -1.84. The van der Waals surface area contributed by atoms with Crippen LogP contribution in [0, 0.1) is 0 Å². The fourth-order valence-electron chi connectivity index (χ4n) is 2.50. The predicted octanol–water partition coefficient (Wildman–Crippen LogP) is 2.25. The summed E-state index contributed by atoms with van der Waals surface area (Å²) >= 11 is 0. The SMILES string of the molecule is C[C@H](Oc1ccc2c(c1)CCCC2=O)C(=O)NC1CC1. The topological polar surface area (TPSA) is 55.4 Å². The monoisotopic (exact) mass is 273 g/mol. The second-order valence-electron chi connectivity index (χ2n) is 5.64. The standard InChI is InChI=1S/C16H19NO3/c1-10(16(19)17-12-5-6-12)20-13-7-8-14-11(9-13)3-2-4-15(14)18/h7-10,12H,2-6H2,1H3,(H,17,19)/t10-/m0/s1. The number of Topliss-reactive ketones (excluding diaryl/α,β-unsaturated/α-hetero) is 1. The third-order valence-corrected chi connectivity index (χ3v) is 3.83. The Balaban J connectivity index is 1.67. The maximum atomic E-state index is 11.8. The maximum Gasteiger partial charge on any atom is 0.260 e. The van der Waals surface area contributed by atoms with Gasteiger partial charge in [0.1, 0.15) is 5.75 Å². The minimum atomic E-state index is -0.507. The Labute approximate surface area is 118 Å². The summed E-state index contributed by atoms with van der Waals surface area (Å²) in [4.78, 5) is 23.6. The van der Waals surface area contributed by atoms with Gasteiger partial charge in [-0.05, 0) is 56.4 Å². The van der Waals surface area contributed by atoms with Crippen LogP contribution in [0.1, 0.15) is 48.5 Å². The number of amides is 1.